The number of H-pyrrole nitrogens is 1. The molecular weight excluding hydrogens is 272 g/mol. The summed E-state index contributed by atoms with van der Waals surface area (Å²) < 4.78 is 6.62. The second-order valence-electron chi connectivity index (χ2n) is 4.60. The van der Waals surface area contributed by atoms with Gasteiger partial charge in [0.25, 0.3) is 0 Å². The van der Waals surface area contributed by atoms with Crippen molar-refractivity contribution in [2.75, 3.05) is 7.11 Å². The summed E-state index contributed by atoms with van der Waals surface area (Å²) in [7, 11) is 1.30. The number of aromatic nitrogens is 3. The number of nitrogens with one attached hydrogen (secondary N) is 2. The van der Waals surface area contributed by atoms with Crippen LogP contribution >= 0.6 is 0 Å². The SMILES string of the molecule is COC(=O)[C@H](Cc1cnc[nH]1)NC(=O)CCn1cccc1. The number of hydrogen-bond acceptors (Lipinski definition) is 4. The monoisotopic (exact) mass is 290 g/mol. The van der Waals surface area contributed by atoms with Gasteiger partial charge in [0.2, 0.25) is 5.91 Å². The van der Waals surface area contributed by atoms with Crippen molar-refractivity contribution in [1.29, 1.82) is 0 Å². The number of ether oxygens (including phenoxy) is 1. The lowest BCUT2D eigenvalue weighted by Crippen LogP contribution is -2.43. The summed E-state index contributed by atoms with van der Waals surface area (Å²) in [5.74, 6) is -0.669. The van der Waals surface area contributed by atoms with E-state index in [-0.39, 0.29) is 5.91 Å². The van der Waals surface area contributed by atoms with Crippen molar-refractivity contribution in [3.05, 3.63) is 42.7 Å². The van der Waals surface area contributed by atoms with Crippen LogP contribution in [0, 0.1) is 0 Å². The van der Waals surface area contributed by atoms with Gasteiger partial charge in [-0.05, 0) is 12.1 Å². The van der Waals surface area contributed by atoms with Crippen molar-refractivity contribution in [3.63, 3.8) is 0 Å². The first-order valence-corrected chi connectivity index (χ1v) is 6.64. The van der Waals surface area contributed by atoms with Crippen LogP contribution in [0.3, 0.4) is 0 Å². The number of imidazole rings is 1. The van der Waals surface area contributed by atoms with Gasteiger partial charge in [-0.25, -0.2) is 9.78 Å². The molecule has 0 aliphatic carbocycles. The molecule has 2 heterocycles. The van der Waals surface area contributed by atoms with Gasteiger partial charge < -0.3 is 19.6 Å². The van der Waals surface area contributed by atoms with Crippen LogP contribution < -0.4 is 5.32 Å². The van der Waals surface area contributed by atoms with Crippen LogP contribution in [0.15, 0.2) is 37.1 Å². The average molecular weight is 290 g/mol. The van der Waals surface area contributed by atoms with E-state index < -0.39 is 12.0 Å². The zero-order valence-corrected chi connectivity index (χ0v) is 11.8. The number of methoxy groups -OCH3 is 1. The normalized spacial score (nSPS) is 11.9. The van der Waals surface area contributed by atoms with E-state index in [1.807, 2.05) is 29.1 Å². The first kappa shape index (κ1) is 14.8. The lowest BCUT2D eigenvalue weighted by Gasteiger charge is -2.15. The molecule has 0 saturated heterocycles. The zero-order chi connectivity index (χ0) is 15.1. The zero-order valence-electron chi connectivity index (χ0n) is 11.8. The highest BCUT2D eigenvalue weighted by atomic mass is 16.5. The maximum absolute atomic E-state index is 11.9. The number of nitrogens with zero attached hydrogens (tertiary/aromatic N) is 2. The minimum absolute atomic E-state index is 0.196. The maximum atomic E-state index is 11.9. The van der Waals surface area contributed by atoms with Crippen LogP contribution in [0.5, 0.6) is 0 Å². The summed E-state index contributed by atoms with van der Waals surface area (Å²) in [5.41, 5.74) is 0.760. The van der Waals surface area contributed by atoms with Gasteiger partial charge in [0.1, 0.15) is 6.04 Å². The number of rotatable bonds is 7. The van der Waals surface area contributed by atoms with Crippen molar-refractivity contribution in [3.8, 4) is 0 Å². The molecule has 2 aromatic heterocycles. The van der Waals surface area contributed by atoms with Gasteiger partial charge in [-0.1, -0.05) is 0 Å². The summed E-state index contributed by atoms with van der Waals surface area (Å²) in [6.45, 7) is 0.566. The highest BCUT2D eigenvalue weighted by Crippen LogP contribution is 2.02. The van der Waals surface area contributed by atoms with E-state index in [0.29, 0.717) is 19.4 Å². The smallest absolute Gasteiger partial charge is 0.328 e. The lowest BCUT2D eigenvalue weighted by atomic mass is 10.1. The maximum Gasteiger partial charge on any atom is 0.328 e. The summed E-state index contributed by atoms with van der Waals surface area (Å²) in [6, 6.07) is 3.08. The van der Waals surface area contributed by atoms with Crippen molar-refractivity contribution < 1.29 is 14.3 Å². The van der Waals surface area contributed by atoms with Crippen LogP contribution in [0.25, 0.3) is 0 Å². The molecule has 0 bridgehead atoms. The third kappa shape index (κ3) is 4.48. The molecule has 2 aromatic rings. The Morgan fingerprint density at radius 3 is 2.81 bits per heavy atom. The number of esters is 1. The van der Waals surface area contributed by atoms with Crippen LogP contribution in [0.2, 0.25) is 0 Å². The third-order valence-electron chi connectivity index (χ3n) is 3.06. The molecular formula is C14H18N4O3. The molecule has 0 aliphatic heterocycles. The van der Waals surface area contributed by atoms with E-state index in [0.717, 1.165) is 5.69 Å². The molecule has 1 amide bonds. The van der Waals surface area contributed by atoms with E-state index in [4.69, 9.17) is 4.74 Å². The fraction of sp³-hybridized carbons (Fsp3) is 0.357. The van der Waals surface area contributed by atoms with Gasteiger partial charge in [0.05, 0.1) is 13.4 Å². The second-order valence-corrected chi connectivity index (χ2v) is 4.60. The van der Waals surface area contributed by atoms with Gasteiger partial charge in [0, 0.05) is 43.7 Å². The predicted molar refractivity (Wildman–Crippen MR) is 75.3 cm³/mol. The molecule has 0 aliphatic rings. The highest BCUT2D eigenvalue weighted by Gasteiger charge is 2.22. The summed E-state index contributed by atoms with van der Waals surface area (Å²) >= 11 is 0. The topological polar surface area (TPSA) is 89.0 Å². The third-order valence-corrected chi connectivity index (χ3v) is 3.06. The van der Waals surface area contributed by atoms with Crippen molar-refractivity contribution >= 4 is 11.9 Å². The Morgan fingerprint density at radius 2 is 2.19 bits per heavy atom. The Hall–Kier alpha value is -2.57. The summed E-state index contributed by atoms with van der Waals surface area (Å²) in [6.07, 6.45) is 7.53. The quantitative estimate of drug-likeness (QED) is 0.727. The van der Waals surface area contributed by atoms with Crippen LogP contribution in [0.4, 0.5) is 0 Å². The Balaban J connectivity index is 1.88. The predicted octanol–water partition coefficient (Wildman–Crippen LogP) is 0.502. The minimum Gasteiger partial charge on any atom is -0.467 e. The average Bonchev–Trinajstić information content (AvgIpc) is 3.16. The van der Waals surface area contributed by atoms with Crippen molar-refractivity contribution in [1.82, 2.24) is 19.9 Å². The first-order chi connectivity index (χ1) is 10.2. The van der Waals surface area contributed by atoms with E-state index in [9.17, 15) is 9.59 Å². The summed E-state index contributed by atoms with van der Waals surface area (Å²) in [4.78, 5) is 30.5. The van der Waals surface area contributed by atoms with E-state index in [1.165, 1.54) is 13.4 Å². The molecule has 112 valence electrons. The van der Waals surface area contributed by atoms with Crippen molar-refractivity contribution in [2.24, 2.45) is 0 Å². The molecule has 0 saturated carbocycles. The molecule has 0 fully saturated rings. The Kier molecular flexibility index (Phi) is 5.14. The standard InChI is InChI=1S/C14H18N4O3/c1-21-14(20)12(8-11-9-15-10-16-11)17-13(19)4-7-18-5-2-3-6-18/h2-3,5-6,9-10,12H,4,7-8H2,1H3,(H,15,16)(H,17,19)/t12-/m0/s1. The highest BCUT2D eigenvalue weighted by molar-refractivity contribution is 5.84. The van der Waals surface area contributed by atoms with Gasteiger partial charge in [-0.15, -0.1) is 0 Å². The molecule has 0 spiro atoms. The van der Waals surface area contributed by atoms with Crippen molar-refractivity contribution in [2.45, 2.75) is 25.4 Å². The van der Waals surface area contributed by atoms with Crippen LogP contribution in [-0.4, -0.2) is 39.6 Å². The number of aryl methyl sites for hydroxylation is 1. The van der Waals surface area contributed by atoms with Gasteiger partial charge >= 0.3 is 5.97 Å². The largest absolute Gasteiger partial charge is 0.467 e. The Morgan fingerprint density at radius 1 is 1.43 bits per heavy atom. The van der Waals surface area contributed by atoms with Gasteiger partial charge in [0.15, 0.2) is 0 Å². The van der Waals surface area contributed by atoms with Crippen LogP contribution in [-0.2, 0) is 27.3 Å². The molecule has 7 heteroatoms. The second kappa shape index (κ2) is 7.28. The Labute approximate surface area is 122 Å². The molecule has 7 nitrogen and oxygen atoms in total. The molecule has 0 radical (unpaired) electrons. The minimum atomic E-state index is -0.715. The number of amides is 1. The van der Waals surface area contributed by atoms with Crippen LogP contribution in [0.1, 0.15) is 12.1 Å². The van der Waals surface area contributed by atoms with E-state index >= 15 is 0 Å². The molecule has 0 unspecified atom stereocenters. The Bertz CT molecular complexity index is 563. The molecule has 0 aromatic carbocycles. The summed E-state index contributed by atoms with van der Waals surface area (Å²) in [5, 5.41) is 2.69. The molecule has 2 rings (SSSR count). The number of aromatic amines is 1. The number of carbonyl (C=O) groups is 2. The molecule has 2 N–H and O–H groups in total. The molecule has 1 atom stereocenters. The molecule has 21 heavy (non-hydrogen) atoms. The van der Waals surface area contributed by atoms with E-state index in [1.54, 1.807) is 6.20 Å². The number of hydrogen-bond donors (Lipinski definition) is 2. The first-order valence-electron chi connectivity index (χ1n) is 6.64. The van der Waals surface area contributed by atoms with E-state index in [2.05, 4.69) is 15.3 Å². The fourth-order valence-electron chi connectivity index (χ4n) is 1.97. The lowest BCUT2D eigenvalue weighted by molar-refractivity contribution is -0.145. The van der Waals surface area contributed by atoms with Gasteiger partial charge in [-0.2, -0.15) is 0 Å². The van der Waals surface area contributed by atoms with Gasteiger partial charge in [-0.3, -0.25) is 4.79 Å². The number of carbonyl (C=O) groups excluding carboxylic acids is 2. The fourth-order valence-corrected chi connectivity index (χ4v) is 1.97.